The number of fused-ring (bicyclic) bond motifs is 2. The molecule has 0 bridgehead atoms. The van der Waals surface area contributed by atoms with E-state index in [0.717, 1.165) is 6.07 Å². The first-order chi connectivity index (χ1) is 16.5. The number of nitrogens with zero attached hydrogens (tertiary/aromatic N) is 5. The van der Waals surface area contributed by atoms with E-state index < -0.39 is 24.3 Å². The number of likely N-dealkylation sites (tertiary alicyclic amines) is 1. The van der Waals surface area contributed by atoms with Gasteiger partial charge in [-0.05, 0) is 30.2 Å². The molecule has 1 aliphatic rings. The van der Waals surface area contributed by atoms with Crippen molar-refractivity contribution in [3.63, 3.8) is 0 Å². The van der Waals surface area contributed by atoms with Gasteiger partial charge in [0.05, 0.1) is 0 Å². The van der Waals surface area contributed by atoms with Gasteiger partial charge in [0.2, 0.25) is 0 Å². The lowest BCUT2D eigenvalue weighted by molar-refractivity contribution is -0.274. The van der Waals surface area contributed by atoms with E-state index in [-0.39, 0.29) is 53.5 Å². The van der Waals surface area contributed by atoms with Gasteiger partial charge in [-0.25, -0.2) is 4.98 Å². The predicted octanol–water partition coefficient (Wildman–Crippen LogP) is 5.17. The lowest BCUT2D eigenvalue weighted by atomic mass is 10.1. The molecule has 0 saturated carbocycles. The Hall–Kier alpha value is -3.74. The second kappa shape index (κ2) is 8.18. The zero-order valence-electron chi connectivity index (χ0n) is 17.7. The summed E-state index contributed by atoms with van der Waals surface area (Å²) in [6.45, 7) is 0.00968. The first-order valence-corrected chi connectivity index (χ1v) is 10.4. The molecule has 1 N–H and O–H groups in total. The molecule has 3 aromatic heterocycles. The number of halogens is 6. The van der Waals surface area contributed by atoms with Crippen LogP contribution in [-0.2, 0) is 0 Å². The molecule has 0 spiro atoms. The van der Waals surface area contributed by atoms with Gasteiger partial charge in [0.1, 0.15) is 17.3 Å². The highest BCUT2D eigenvalue weighted by Gasteiger charge is 2.46. The Labute approximate surface area is 193 Å². The smallest absolute Gasteiger partial charge is 0.403 e. The fourth-order valence-corrected chi connectivity index (χ4v) is 4.20. The van der Waals surface area contributed by atoms with E-state index >= 15 is 0 Å². The van der Waals surface area contributed by atoms with Crippen LogP contribution in [-0.4, -0.2) is 55.8 Å². The number of hydrogen-bond donors (Lipinski definition) is 1. The number of hydrogen-bond acceptors (Lipinski definition) is 6. The zero-order chi connectivity index (χ0) is 25.0. The first kappa shape index (κ1) is 23.0. The van der Waals surface area contributed by atoms with Crippen LogP contribution in [0.1, 0.15) is 18.0 Å². The van der Waals surface area contributed by atoms with Crippen molar-refractivity contribution >= 4 is 22.3 Å². The van der Waals surface area contributed by atoms with Gasteiger partial charge in [-0.2, -0.15) is 13.2 Å². The van der Waals surface area contributed by atoms with Crippen LogP contribution in [0.5, 0.6) is 5.75 Å². The fourth-order valence-electron chi connectivity index (χ4n) is 4.20. The van der Waals surface area contributed by atoms with Crippen LogP contribution in [0, 0.1) is 5.41 Å². The maximum absolute atomic E-state index is 14.0. The molecule has 13 heteroatoms. The minimum absolute atomic E-state index is 0.0562. The molecule has 35 heavy (non-hydrogen) atoms. The Kier molecular flexibility index (Phi) is 5.38. The third-order valence-electron chi connectivity index (χ3n) is 5.65. The quantitative estimate of drug-likeness (QED) is 0.396. The van der Waals surface area contributed by atoms with E-state index in [0.29, 0.717) is 5.39 Å². The molecule has 182 valence electrons. The minimum Gasteiger partial charge on any atom is -0.403 e. The summed E-state index contributed by atoms with van der Waals surface area (Å²) in [5.74, 6) is -0.458. The van der Waals surface area contributed by atoms with Crippen molar-refractivity contribution in [3.8, 4) is 17.3 Å². The molecule has 0 amide bonds. The topological polar surface area (TPSA) is 79.4 Å². The van der Waals surface area contributed by atoms with Crippen LogP contribution in [0.2, 0.25) is 0 Å². The average molecular weight is 494 g/mol. The third-order valence-corrected chi connectivity index (χ3v) is 5.65. The van der Waals surface area contributed by atoms with E-state index in [4.69, 9.17) is 5.41 Å². The summed E-state index contributed by atoms with van der Waals surface area (Å²) in [5.41, 5.74) is 0.400. The molecule has 0 aliphatic carbocycles. The molecule has 1 aliphatic heterocycles. The van der Waals surface area contributed by atoms with Crippen LogP contribution in [0.15, 0.2) is 48.7 Å². The molecule has 7 nitrogen and oxygen atoms in total. The molecular weight excluding hydrogens is 478 g/mol. The monoisotopic (exact) mass is 494 g/mol. The van der Waals surface area contributed by atoms with E-state index in [1.165, 1.54) is 45.8 Å². The molecule has 0 unspecified atom stereocenters. The third kappa shape index (κ3) is 4.50. The fraction of sp³-hybridized carbons (Fsp3) is 0.273. The Morgan fingerprint density at radius 3 is 2.46 bits per heavy atom. The lowest BCUT2D eigenvalue weighted by Gasteiger charge is -2.29. The summed E-state index contributed by atoms with van der Waals surface area (Å²) in [4.78, 5) is 5.44. The van der Waals surface area contributed by atoms with Gasteiger partial charge in [0, 0.05) is 30.4 Å². The van der Waals surface area contributed by atoms with Crippen molar-refractivity contribution in [3.05, 3.63) is 54.2 Å². The molecule has 0 radical (unpaired) electrons. The van der Waals surface area contributed by atoms with E-state index in [2.05, 4.69) is 19.9 Å². The van der Waals surface area contributed by atoms with Gasteiger partial charge in [-0.15, -0.1) is 23.4 Å². The number of pyridine rings is 2. The van der Waals surface area contributed by atoms with Crippen molar-refractivity contribution in [2.75, 3.05) is 13.1 Å². The van der Waals surface area contributed by atoms with Gasteiger partial charge >= 0.3 is 12.5 Å². The van der Waals surface area contributed by atoms with E-state index in [9.17, 15) is 26.3 Å². The number of ether oxygens (including phenoxy) is 1. The standard InChI is InChI=1S/C22H16F6N6O/c23-21(24,25)19(33-9-8-14(29)11-33)13-5-7-17-31-32-20(34(17)10-13)15-6-4-12-2-1-3-16(18(12)30-15)35-22(26,27)28/h1-7,10,19,29H,8-9,11H2/t19-/m1/s1. The summed E-state index contributed by atoms with van der Waals surface area (Å²) >= 11 is 0. The maximum Gasteiger partial charge on any atom is 0.573 e. The second-order valence-electron chi connectivity index (χ2n) is 8.05. The molecule has 4 heterocycles. The van der Waals surface area contributed by atoms with Crippen molar-refractivity contribution < 1.29 is 31.1 Å². The molecule has 1 atom stereocenters. The lowest BCUT2D eigenvalue weighted by Crippen LogP contribution is -2.37. The molecule has 1 fully saturated rings. The summed E-state index contributed by atoms with van der Waals surface area (Å²) in [6, 6.07) is 7.81. The van der Waals surface area contributed by atoms with Gasteiger partial charge in [0.15, 0.2) is 17.2 Å². The summed E-state index contributed by atoms with van der Waals surface area (Å²) in [7, 11) is 0. The summed E-state index contributed by atoms with van der Waals surface area (Å²) < 4.78 is 85.9. The van der Waals surface area contributed by atoms with Crippen molar-refractivity contribution in [1.82, 2.24) is 24.5 Å². The van der Waals surface area contributed by atoms with Crippen molar-refractivity contribution in [1.29, 1.82) is 5.41 Å². The Bertz CT molecular complexity index is 1430. The van der Waals surface area contributed by atoms with Crippen LogP contribution in [0.25, 0.3) is 28.1 Å². The van der Waals surface area contributed by atoms with Crippen LogP contribution < -0.4 is 4.74 Å². The number of aromatic nitrogens is 4. The maximum atomic E-state index is 14.0. The molecule has 4 aromatic rings. The van der Waals surface area contributed by atoms with Crippen molar-refractivity contribution in [2.45, 2.75) is 25.0 Å². The largest absolute Gasteiger partial charge is 0.573 e. The minimum atomic E-state index is -4.93. The van der Waals surface area contributed by atoms with Gasteiger partial charge < -0.3 is 10.1 Å². The second-order valence-corrected chi connectivity index (χ2v) is 8.05. The SMILES string of the molecule is N=C1CCN([C@H](c2ccc3nnc(-c4ccc5cccc(OC(F)(F)F)c5n4)n3c2)C(F)(F)F)C1. The summed E-state index contributed by atoms with van der Waals surface area (Å²) in [5, 5.41) is 16.0. The first-order valence-electron chi connectivity index (χ1n) is 10.4. The van der Waals surface area contributed by atoms with E-state index in [1.54, 1.807) is 6.07 Å². The Morgan fingerprint density at radius 2 is 1.77 bits per heavy atom. The number of benzene rings is 1. The Morgan fingerprint density at radius 1 is 0.971 bits per heavy atom. The summed E-state index contributed by atoms with van der Waals surface area (Å²) in [6.07, 6.45) is -8.02. The van der Waals surface area contributed by atoms with Gasteiger partial charge in [0.25, 0.3) is 0 Å². The molecule has 1 saturated heterocycles. The zero-order valence-corrected chi connectivity index (χ0v) is 17.7. The van der Waals surface area contributed by atoms with E-state index in [1.807, 2.05) is 0 Å². The predicted molar refractivity (Wildman–Crippen MR) is 113 cm³/mol. The highest BCUT2D eigenvalue weighted by molar-refractivity contribution is 5.86. The van der Waals surface area contributed by atoms with Crippen LogP contribution >= 0.6 is 0 Å². The molecule has 5 rings (SSSR count). The molecule has 1 aromatic carbocycles. The van der Waals surface area contributed by atoms with Crippen molar-refractivity contribution in [2.24, 2.45) is 0 Å². The number of nitrogens with one attached hydrogen (secondary N) is 1. The number of para-hydroxylation sites is 1. The normalized spacial score (nSPS) is 16.3. The van der Waals surface area contributed by atoms with Crippen LogP contribution in [0.3, 0.4) is 0 Å². The highest BCUT2D eigenvalue weighted by Crippen LogP contribution is 2.39. The average Bonchev–Trinajstić information content (AvgIpc) is 3.38. The highest BCUT2D eigenvalue weighted by atomic mass is 19.4. The van der Waals surface area contributed by atoms with Gasteiger partial charge in [-0.1, -0.05) is 24.3 Å². The van der Waals surface area contributed by atoms with Crippen LogP contribution in [0.4, 0.5) is 26.3 Å². The van der Waals surface area contributed by atoms with Gasteiger partial charge in [-0.3, -0.25) is 9.30 Å². The number of rotatable bonds is 4. The molecular formula is C22H16F6N6O. The number of alkyl halides is 6. The Balaban J connectivity index is 1.61.